The summed E-state index contributed by atoms with van der Waals surface area (Å²) in [5, 5.41) is 0. The lowest BCUT2D eigenvalue weighted by molar-refractivity contribution is 0.0303. The van der Waals surface area contributed by atoms with Gasteiger partial charge in [0.2, 0.25) is 0 Å². The average Bonchev–Trinajstić information content (AvgIpc) is 3.14. The maximum Gasteiger partial charge on any atom is 0.254 e. The minimum Gasteiger partial charge on any atom is -0.378 e. The van der Waals surface area contributed by atoms with Crippen molar-refractivity contribution in [2.24, 2.45) is 0 Å². The van der Waals surface area contributed by atoms with Gasteiger partial charge in [-0.1, -0.05) is 6.07 Å². The second kappa shape index (κ2) is 7.72. The van der Waals surface area contributed by atoms with Crippen LogP contribution < -0.4 is 0 Å². The molecule has 0 spiro atoms. The Labute approximate surface area is 174 Å². The van der Waals surface area contributed by atoms with E-state index in [-0.39, 0.29) is 5.91 Å². The van der Waals surface area contributed by atoms with E-state index in [2.05, 4.69) is 21.7 Å². The van der Waals surface area contributed by atoms with E-state index in [4.69, 9.17) is 9.72 Å². The third kappa shape index (κ3) is 3.35. The van der Waals surface area contributed by atoms with E-state index < -0.39 is 0 Å². The summed E-state index contributed by atoms with van der Waals surface area (Å²) in [6, 6.07) is 18.0. The number of hydrogen-bond donors (Lipinski definition) is 0. The molecule has 150 valence electrons. The summed E-state index contributed by atoms with van der Waals surface area (Å²) in [6.45, 7) is 4.49. The number of fused-ring (bicyclic) bond motifs is 1. The van der Waals surface area contributed by atoms with Gasteiger partial charge in [0.05, 0.1) is 24.2 Å². The molecule has 6 nitrogen and oxygen atoms in total. The number of amides is 1. The van der Waals surface area contributed by atoms with Gasteiger partial charge < -0.3 is 9.64 Å². The first-order valence-corrected chi connectivity index (χ1v) is 10.1. The molecule has 0 aliphatic carbocycles. The molecule has 0 unspecified atom stereocenters. The Kier molecular flexibility index (Phi) is 4.77. The number of carbonyl (C=O) groups excluding carboxylic acids is 1. The third-order valence-electron chi connectivity index (χ3n) is 5.51. The maximum absolute atomic E-state index is 12.7. The Morgan fingerprint density at radius 1 is 0.933 bits per heavy atom. The summed E-state index contributed by atoms with van der Waals surface area (Å²) in [5.74, 6) is 0.959. The normalized spacial score (nSPS) is 14.2. The molecular formula is C24H22N4O2. The van der Waals surface area contributed by atoms with Crippen molar-refractivity contribution in [2.45, 2.75) is 6.92 Å². The van der Waals surface area contributed by atoms with E-state index in [0.717, 1.165) is 33.7 Å². The first-order chi connectivity index (χ1) is 14.7. The fourth-order valence-corrected chi connectivity index (χ4v) is 3.95. The Balaban J connectivity index is 1.51. The highest BCUT2D eigenvalue weighted by Crippen LogP contribution is 2.27. The Hall–Kier alpha value is -3.51. The molecule has 0 bridgehead atoms. The van der Waals surface area contributed by atoms with Crippen LogP contribution in [0.15, 0.2) is 67.0 Å². The molecule has 0 N–H and O–H groups in total. The van der Waals surface area contributed by atoms with E-state index in [1.54, 1.807) is 12.4 Å². The van der Waals surface area contributed by atoms with Gasteiger partial charge >= 0.3 is 0 Å². The van der Waals surface area contributed by atoms with Crippen LogP contribution in [0.1, 0.15) is 16.2 Å². The first-order valence-electron chi connectivity index (χ1n) is 10.1. The molecule has 1 aliphatic heterocycles. The summed E-state index contributed by atoms with van der Waals surface area (Å²) >= 11 is 0. The molecule has 1 fully saturated rings. The van der Waals surface area contributed by atoms with Crippen LogP contribution >= 0.6 is 0 Å². The van der Waals surface area contributed by atoms with Gasteiger partial charge in [-0.05, 0) is 66.6 Å². The Bertz CT molecular complexity index is 1190. The number of carbonyl (C=O) groups is 1. The van der Waals surface area contributed by atoms with E-state index in [0.29, 0.717) is 31.9 Å². The summed E-state index contributed by atoms with van der Waals surface area (Å²) in [7, 11) is 0. The first kappa shape index (κ1) is 18.5. The number of aromatic nitrogens is 3. The molecule has 3 heterocycles. The highest BCUT2D eigenvalue weighted by Gasteiger charge is 2.19. The molecule has 2 aromatic carbocycles. The standard InChI is InChI=1S/C24H22N4O2/c1-17-26-22-7-4-20(18-8-10-25-11-9-18)16-23(22)28(17)21-5-2-19(3-6-21)24(29)27-12-14-30-15-13-27/h2-11,16H,12-15H2,1H3. The number of benzene rings is 2. The maximum atomic E-state index is 12.7. The highest BCUT2D eigenvalue weighted by molar-refractivity contribution is 5.94. The van der Waals surface area contributed by atoms with E-state index in [9.17, 15) is 4.79 Å². The fraction of sp³-hybridized carbons (Fsp3) is 0.208. The summed E-state index contributed by atoms with van der Waals surface area (Å²) in [4.78, 5) is 23.4. The second-order valence-electron chi connectivity index (χ2n) is 7.39. The molecule has 1 aliphatic rings. The van der Waals surface area contributed by atoms with Crippen molar-refractivity contribution in [1.29, 1.82) is 0 Å². The molecule has 6 heteroatoms. The summed E-state index contributed by atoms with van der Waals surface area (Å²) < 4.78 is 7.47. The van der Waals surface area contributed by atoms with Crippen LogP contribution in [0.5, 0.6) is 0 Å². The number of pyridine rings is 1. The van der Waals surface area contributed by atoms with Crippen molar-refractivity contribution in [3.8, 4) is 16.8 Å². The van der Waals surface area contributed by atoms with Crippen LogP contribution in [0, 0.1) is 6.92 Å². The molecule has 30 heavy (non-hydrogen) atoms. The van der Waals surface area contributed by atoms with Crippen LogP contribution in [-0.4, -0.2) is 51.6 Å². The van der Waals surface area contributed by atoms with E-state index >= 15 is 0 Å². The van der Waals surface area contributed by atoms with Crippen molar-refractivity contribution < 1.29 is 9.53 Å². The zero-order chi connectivity index (χ0) is 20.5. The van der Waals surface area contributed by atoms with Crippen LogP contribution in [-0.2, 0) is 4.74 Å². The highest BCUT2D eigenvalue weighted by atomic mass is 16.5. The zero-order valence-electron chi connectivity index (χ0n) is 16.8. The molecule has 0 atom stereocenters. The average molecular weight is 398 g/mol. The minimum absolute atomic E-state index is 0.0528. The van der Waals surface area contributed by atoms with Gasteiger partial charge in [-0.25, -0.2) is 4.98 Å². The molecular weight excluding hydrogens is 376 g/mol. The lowest BCUT2D eigenvalue weighted by Crippen LogP contribution is -2.40. The SMILES string of the molecule is Cc1nc2ccc(-c3ccncc3)cc2n1-c1ccc(C(=O)N2CCOCC2)cc1. The molecule has 1 amide bonds. The van der Waals surface area contributed by atoms with Crippen molar-refractivity contribution in [3.05, 3.63) is 78.4 Å². The quantitative estimate of drug-likeness (QED) is 0.526. The molecule has 2 aromatic heterocycles. The fourth-order valence-electron chi connectivity index (χ4n) is 3.95. The van der Waals surface area contributed by atoms with Crippen LogP contribution in [0.4, 0.5) is 0 Å². The van der Waals surface area contributed by atoms with Crippen molar-refractivity contribution in [3.63, 3.8) is 0 Å². The molecule has 0 radical (unpaired) electrons. The second-order valence-corrected chi connectivity index (χ2v) is 7.39. The van der Waals surface area contributed by atoms with Gasteiger partial charge in [0, 0.05) is 36.7 Å². The van der Waals surface area contributed by atoms with Gasteiger partial charge in [-0.2, -0.15) is 0 Å². The smallest absolute Gasteiger partial charge is 0.254 e. The summed E-state index contributed by atoms with van der Waals surface area (Å²) in [5.41, 5.74) is 5.89. The Morgan fingerprint density at radius 2 is 1.67 bits per heavy atom. The van der Waals surface area contributed by atoms with Gasteiger partial charge in [0.15, 0.2) is 0 Å². The number of nitrogens with zero attached hydrogens (tertiary/aromatic N) is 4. The van der Waals surface area contributed by atoms with Crippen molar-refractivity contribution in [2.75, 3.05) is 26.3 Å². The van der Waals surface area contributed by atoms with Crippen LogP contribution in [0.25, 0.3) is 27.8 Å². The summed E-state index contributed by atoms with van der Waals surface area (Å²) in [6.07, 6.45) is 3.60. The Morgan fingerprint density at radius 3 is 2.40 bits per heavy atom. The largest absolute Gasteiger partial charge is 0.378 e. The number of rotatable bonds is 3. The van der Waals surface area contributed by atoms with Crippen molar-refractivity contribution in [1.82, 2.24) is 19.4 Å². The molecule has 4 aromatic rings. The van der Waals surface area contributed by atoms with Gasteiger partial charge in [0.25, 0.3) is 5.91 Å². The predicted octanol–water partition coefficient (Wildman–Crippen LogP) is 3.87. The number of aryl methyl sites for hydroxylation is 1. The predicted molar refractivity (Wildman–Crippen MR) is 116 cm³/mol. The van der Waals surface area contributed by atoms with E-state index in [1.165, 1.54) is 0 Å². The zero-order valence-corrected chi connectivity index (χ0v) is 16.8. The third-order valence-corrected chi connectivity index (χ3v) is 5.51. The number of imidazole rings is 1. The van der Waals surface area contributed by atoms with Crippen LogP contribution in [0.3, 0.4) is 0 Å². The monoisotopic (exact) mass is 398 g/mol. The number of morpholine rings is 1. The van der Waals surface area contributed by atoms with Crippen LogP contribution in [0.2, 0.25) is 0 Å². The van der Waals surface area contributed by atoms with Crippen molar-refractivity contribution >= 4 is 16.9 Å². The topological polar surface area (TPSA) is 60.2 Å². The molecule has 5 rings (SSSR count). The molecule has 1 saturated heterocycles. The van der Waals surface area contributed by atoms with E-state index in [1.807, 2.05) is 54.3 Å². The number of ether oxygens (including phenoxy) is 1. The lowest BCUT2D eigenvalue weighted by atomic mass is 10.1. The molecule has 0 saturated carbocycles. The minimum atomic E-state index is 0.0528. The van der Waals surface area contributed by atoms with Gasteiger partial charge in [-0.3, -0.25) is 14.3 Å². The lowest BCUT2D eigenvalue weighted by Gasteiger charge is -2.26. The van der Waals surface area contributed by atoms with Gasteiger partial charge in [-0.15, -0.1) is 0 Å². The number of hydrogen-bond acceptors (Lipinski definition) is 4. The van der Waals surface area contributed by atoms with Gasteiger partial charge in [0.1, 0.15) is 5.82 Å².